The molecule has 86 valence electrons. The molecule has 0 saturated carbocycles. The number of ether oxygens (including phenoxy) is 1. The van der Waals surface area contributed by atoms with Gasteiger partial charge in [-0.15, -0.1) is 0 Å². The van der Waals surface area contributed by atoms with Crippen LogP contribution in [-0.2, 0) is 11.3 Å². The fourth-order valence-corrected chi connectivity index (χ4v) is 1.32. The number of halogens is 3. The van der Waals surface area contributed by atoms with E-state index in [2.05, 4.69) is 5.32 Å². The van der Waals surface area contributed by atoms with E-state index >= 15 is 0 Å². The van der Waals surface area contributed by atoms with Crippen LogP contribution in [0.3, 0.4) is 0 Å². The minimum absolute atomic E-state index is 0. The average Bonchev–Trinajstić information content (AvgIpc) is 2.16. The molecule has 1 aromatic rings. The summed E-state index contributed by atoms with van der Waals surface area (Å²) in [5.41, 5.74) is 0.505. The molecule has 0 aliphatic carbocycles. The molecule has 5 heteroatoms. The maximum Gasteiger partial charge on any atom is 0.129 e. The molecule has 0 unspecified atom stereocenters. The highest BCUT2D eigenvalue weighted by molar-refractivity contribution is 6.31. The van der Waals surface area contributed by atoms with Crippen molar-refractivity contribution in [2.75, 3.05) is 20.3 Å². The Morgan fingerprint density at radius 3 is 2.80 bits per heavy atom. The van der Waals surface area contributed by atoms with Crippen LogP contribution in [0.25, 0.3) is 0 Å². The number of hydrogen-bond donors (Lipinski definition) is 1. The Bertz CT molecular complexity index is 277. The molecule has 15 heavy (non-hydrogen) atoms. The number of nitrogens with one attached hydrogen (secondary N) is 1. The standard InChI is InChI=1S/C10H13ClFNO.ClH/c1-14-6-5-13-7-8-9(11)3-2-4-10(8)12;/h2-4,13H,5-7H2,1H3;1H/p-1. The third-order valence-corrected chi connectivity index (χ3v) is 2.20. The molecule has 0 aliphatic heterocycles. The van der Waals surface area contributed by atoms with Crippen LogP contribution in [0.15, 0.2) is 18.2 Å². The molecule has 1 aromatic carbocycles. The third-order valence-electron chi connectivity index (χ3n) is 1.85. The lowest BCUT2D eigenvalue weighted by atomic mass is 10.2. The Kier molecular flexibility index (Phi) is 7.70. The van der Waals surface area contributed by atoms with Crippen molar-refractivity contribution < 1.29 is 21.5 Å². The summed E-state index contributed by atoms with van der Waals surface area (Å²) in [6, 6.07) is 4.67. The van der Waals surface area contributed by atoms with Crippen LogP contribution in [0.2, 0.25) is 5.02 Å². The predicted molar refractivity (Wildman–Crippen MR) is 55.0 cm³/mol. The summed E-state index contributed by atoms with van der Waals surface area (Å²) in [7, 11) is 1.62. The summed E-state index contributed by atoms with van der Waals surface area (Å²) >= 11 is 5.83. The predicted octanol–water partition coefficient (Wildman–Crippen LogP) is -0.781. The second-order valence-corrected chi connectivity index (χ2v) is 3.28. The Hall–Kier alpha value is -0.350. The second kappa shape index (κ2) is 7.88. The van der Waals surface area contributed by atoms with Crippen LogP contribution in [0.1, 0.15) is 5.56 Å². The maximum atomic E-state index is 13.2. The topological polar surface area (TPSA) is 21.3 Å². The number of methoxy groups -OCH3 is 1. The number of hydrogen-bond acceptors (Lipinski definition) is 2. The normalized spacial score (nSPS) is 9.80. The van der Waals surface area contributed by atoms with Crippen molar-refractivity contribution >= 4 is 11.6 Å². The van der Waals surface area contributed by atoms with Crippen LogP contribution in [0.4, 0.5) is 4.39 Å². The van der Waals surface area contributed by atoms with E-state index in [1.165, 1.54) is 6.07 Å². The molecule has 2 nitrogen and oxygen atoms in total. The molecule has 0 atom stereocenters. The molecule has 1 N–H and O–H groups in total. The van der Waals surface area contributed by atoms with Gasteiger partial charge in [-0.3, -0.25) is 0 Å². The Morgan fingerprint density at radius 1 is 1.47 bits per heavy atom. The zero-order valence-corrected chi connectivity index (χ0v) is 9.91. The lowest BCUT2D eigenvalue weighted by Gasteiger charge is -2.06. The van der Waals surface area contributed by atoms with E-state index in [-0.39, 0.29) is 18.2 Å². The van der Waals surface area contributed by atoms with Crippen LogP contribution in [-0.4, -0.2) is 20.3 Å². The average molecular weight is 253 g/mol. The van der Waals surface area contributed by atoms with Gasteiger partial charge in [-0.2, -0.15) is 0 Å². The summed E-state index contributed by atoms with van der Waals surface area (Å²) in [5.74, 6) is -0.276. The van der Waals surface area contributed by atoms with Crippen molar-refractivity contribution in [3.05, 3.63) is 34.6 Å². The largest absolute Gasteiger partial charge is 1.00 e. The van der Waals surface area contributed by atoms with Gasteiger partial charge in [0.1, 0.15) is 5.82 Å². The molecule has 0 amide bonds. The van der Waals surface area contributed by atoms with Gasteiger partial charge in [0.2, 0.25) is 0 Å². The highest BCUT2D eigenvalue weighted by atomic mass is 35.5. The molecule has 0 aromatic heterocycles. The molecule has 0 bridgehead atoms. The van der Waals surface area contributed by atoms with E-state index in [9.17, 15) is 4.39 Å². The maximum absolute atomic E-state index is 13.2. The van der Waals surface area contributed by atoms with Crippen molar-refractivity contribution in [2.45, 2.75) is 6.54 Å². The summed E-state index contributed by atoms with van der Waals surface area (Å²) < 4.78 is 18.1. The van der Waals surface area contributed by atoms with Gasteiger partial charge >= 0.3 is 0 Å². The fraction of sp³-hybridized carbons (Fsp3) is 0.400. The zero-order valence-electron chi connectivity index (χ0n) is 8.40. The second-order valence-electron chi connectivity index (χ2n) is 2.87. The van der Waals surface area contributed by atoms with Crippen molar-refractivity contribution in [1.29, 1.82) is 0 Å². The van der Waals surface area contributed by atoms with Crippen molar-refractivity contribution in [1.82, 2.24) is 5.32 Å². The van der Waals surface area contributed by atoms with E-state index in [1.54, 1.807) is 19.2 Å². The Morgan fingerprint density at radius 2 is 2.20 bits per heavy atom. The molecule has 0 radical (unpaired) electrons. The lowest BCUT2D eigenvalue weighted by molar-refractivity contribution is -0.00000375. The van der Waals surface area contributed by atoms with Crippen LogP contribution in [0, 0.1) is 5.82 Å². The molecular weight excluding hydrogens is 240 g/mol. The Labute approximate surface area is 100 Å². The van der Waals surface area contributed by atoms with Gasteiger partial charge in [-0.05, 0) is 12.1 Å². The lowest BCUT2D eigenvalue weighted by Crippen LogP contribution is -3.00. The molecule has 0 spiro atoms. The highest BCUT2D eigenvalue weighted by Crippen LogP contribution is 2.18. The van der Waals surface area contributed by atoms with Gasteiger partial charge in [0.25, 0.3) is 0 Å². The first-order valence-electron chi connectivity index (χ1n) is 4.38. The third kappa shape index (κ3) is 4.80. The zero-order chi connectivity index (χ0) is 10.4. The monoisotopic (exact) mass is 252 g/mol. The van der Waals surface area contributed by atoms with Gasteiger partial charge in [-0.1, -0.05) is 17.7 Å². The van der Waals surface area contributed by atoms with E-state index in [4.69, 9.17) is 16.3 Å². The molecule has 0 aliphatic rings. The fourth-order valence-electron chi connectivity index (χ4n) is 1.09. The molecule has 0 heterocycles. The minimum atomic E-state index is -0.276. The van der Waals surface area contributed by atoms with Crippen LogP contribution >= 0.6 is 11.6 Å². The summed E-state index contributed by atoms with van der Waals surface area (Å²) in [6.45, 7) is 1.71. The van der Waals surface area contributed by atoms with Crippen molar-refractivity contribution in [2.24, 2.45) is 0 Å². The molecule has 1 rings (SSSR count). The smallest absolute Gasteiger partial charge is 0.129 e. The van der Waals surface area contributed by atoms with Gasteiger partial charge in [0.15, 0.2) is 0 Å². The molecular formula is C10H13Cl2FNO-. The molecule has 0 saturated heterocycles. The van der Waals surface area contributed by atoms with E-state index in [1.807, 2.05) is 0 Å². The van der Waals surface area contributed by atoms with E-state index in [0.29, 0.717) is 30.3 Å². The highest BCUT2D eigenvalue weighted by Gasteiger charge is 2.05. The van der Waals surface area contributed by atoms with Crippen LogP contribution < -0.4 is 17.7 Å². The molecule has 0 fully saturated rings. The van der Waals surface area contributed by atoms with E-state index in [0.717, 1.165) is 0 Å². The minimum Gasteiger partial charge on any atom is -1.00 e. The quantitative estimate of drug-likeness (QED) is 0.695. The van der Waals surface area contributed by atoms with Crippen molar-refractivity contribution in [3.8, 4) is 0 Å². The number of benzene rings is 1. The van der Waals surface area contributed by atoms with Gasteiger partial charge in [-0.25, -0.2) is 4.39 Å². The van der Waals surface area contributed by atoms with Gasteiger partial charge in [0, 0.05) is 30.8 Å². The number of rotatable bonds is 5. The van der Waals surface area contributed by atoms with E-state index < -0.39 is 0 Å². The summed E-state index contributed by atoms with van der Waals surface area (Å²) in [5, 5.41) is 3.49. The van der Waals surface area contributed by atoms with Gasteiger partial charge in [0.05, 0.1) is 6.61 Å². The van der Waals surface area contributed by atoms with Crippen LogP contribution in [0.5, 0.6) is 0 Å². The van der Waals surface area contributed by atoms with Crippen molar-refractivity contribution in [3.63, 3.8) is 0 Å². The summed E-state index contributed by atoms with van der Waals surface area (Å²) in [4.78, 5) is 0. The SMILES string of the molecule is COCCNCc1c(F)cccc1Cl.[Cl-]. The first kappa shape index (κ1) is 14.6. The summed E-state index contributed by atoms with van der Waals surface area (Å²) in [6.07, 6.45) is 0. The first-order valence-corrected chi connectivity index (χ1v) is 4.76. The van der Waals surface area contributed by atoms with Gasteiger partial charge < -0.3 is 22.5 Å². The first-order chi connectivity index (χ1) is 6.75. The Balaban J connectivity index is 0.00000196.